The summed E-state index contributed by atoms with van der Waals surface area (Å²) >= 11 is 5.83. The maximum absolute atomic E-state index is 11.6. The van der Waals surface area contributed by atoms with Gasteiger partial charge in [-0.3, -0.25) is 0 Å². The van der Waals surface area contributed by atoms with Crippen molar-refractivity contribution in [3.8, 4) is 5.75 Å². The van der Waals surface area contributed by atoms with Gasteiger partial charge in [0.2, 0.25) is 0 Å². The highest BCUT2D eigenvalue weighted by molar-refractivity contribution is 6.30. The topological polar surface area (TPSA) is 62.7 Å². The van der Waals surface area contributed by atoms with Crippen molar-refractivity contribution in [2.45, 2.75) is 0 Å². The number of carbonyl (C=O) groups excluding carboxylic acids is 1. The molecule has 2 aromatic carbocycles. The standard InChI is InChI=1S/C15H14ClN3O2/c1-21-14-7-2-4-11(8-14)10-17-19-15(20)18-13-6-3-5-12(16)9-13/h2-10H,1H3,(H2,18,19,20)/b17-10-. The van der Waals surface area contributed by atoms with E-state index in [1.54, 1.807) is 37.4 Å². The molecule has 0 saturated carbocycles. The minimum absolute atomic E-state index is 0.448. The molecule has 0 fully saturated rings. The Kier molecular flexibility index (Phi) is 5.17. The number of hydrogen-bond donors (Lipinski definition) is 2. The maximum atomic E-state index is 11.6. The Morgan fingerprint density at radius 1 is 1.24 bits per heavy atom. The van der Waals surface area contributed by atoms with Gasteiger partial charge in [-0.25, -0.2) is 10.2 Å². The van der Waals surface area contributed by atoms with E-state index in [0.717, 1.165) is 11.3 Å². The number of nitrogens with one attached hydrogen (secondary N) is 2. The Morgan fingerprint density at radius 2 is 2.05 bits per heavy atom. The minimum Gasteiger partial charge on any atom is -0.497 e. The van der Waals surface area contributed by atoms with Crippen LogP contribution >= 0.6 is 11.6 Å². The second-order valence-corrected chi connectivity index (χ2v) is 4.55. The van der Waals surface area contributed by atoms with Gasteiger partial charge < -0.3 is 10.1 Å². The highest BCUT2D eigenvalue weighted by atomic mass is 35.5. The molecule has 108 valence electrons. The Morgan fingerprint density at radius 3 is 2.81 bits per heavy atom. The average molecular weight is 304 g/mol. The lowest BCUT2D eigenvalue weighted by atomic mass is 10.2. The summed E-state index contributed by atoms with van der Waals surface area (Å²) in [5.41, 5.74) is 3.78. The summed E-state index contributed by atoms with van der Waals surface area (Å²) in [6, 6.07) is 13.7. The summed E-state index contributed by atoms with van der Waals surface area (Å²) in [4.78, 5) is 11.6. The van der Waals surface area contributed by atoms with Gasteiger partial charge in [-0.05, 0) is 35.9 Å². The summed E-state index contributed by atoms with van der Waals surface area (Å²) in [7, 11) is 1.59. The summed E-state index contributed by atoms with van der Waals surface area (Å²) in [5.74, 6) is 0.724. The molecule has 0 aromatic heterocycles. The molecule has 2 rings (SSSR count). The zero-order valence-corrected chi connectivity index (χ0v) is 12.1. The fraction of sp³-hybridized carbons (Fsp3) is 0.0667. The van der Waals surface area contributed by atoms with Crippen LogP contribution in [0.3, 0.4) is 0 Å². The summed E-state index contributed by atoms with van der Waals surface area (Å²) in [5, 5.41) is 7.03. The lowest BCUT2D eigenvalue weighted by Crippen LogP contribution is -2.24. The SMILES string of the molecule is COc1cccc(/C=N\NC(=O)Nc2cccc(Cl)c2)c1. The second-order valence-electron chi connectivity index (χ2n) is 4.11. The molecule has 0 aliphatic carbocycles. The number of halogens is 1. The first kappa shape index (κ1) is 14.9. The molecule has 21 heavy (non-hydrogen) atoms. The van der Waals surface area contributed by atoms with E-state index in [-0.39, 0.29) is 0 Å². The van der Waals surface area contributed by atoms with Crippen molar-refractivity contribution in [1.82, 2.24) is 5.43 Å². The number of rotatable bonds is 4. The third kappa shape index (κ3) is 4.81. The Labute approximate surface area is 127 Å². The summed E-state index contributed by atoms with van der Waals surface area (Å²) in [6.45, 7) is 0. The maximum Gasteiger partial charge on any atom is 0.339 e. The van der Waals surface area contributed by atoms with Crippen LogP contribution < -0.4 is 15.5 Å². The molecule has 0 heterocycles. The molecule has 2 N–H and O–H groups in total. The minimum atomic E-state index is -0.448. The molecule has 0 aliphatic rings. The first-order valence-corrected chi connectivity index (χ1v) is 6.55. The fourth-order valence-electron chi connectivity index (χ4n) is 1.61. The second kappa shape index (κ2) is 7.31. The van der Waals surface area contributed by atoms with Crippen LogP contribution in [0, 0.1) is 0 Å². The number of amides is 2. The zero-order valence-electron chi connectivity index (χ0n) is 11.3. The molecule has 0 aliphatic heterocycles. The molecule has 0 bridgehead atoms. The normalized spacial score (nSPS) is 10.4. The van der Waals surface area contributed by atoms with E-state index >= 15 is 0 Å². The van der Waals surface area contributed by atoms with E-state index in [2.05, 4.69) is 15.8 Å². The number of hydrazone groups is 1. The van der Waals surface area contributed by atoms with E-state index in [1.165, 1.54) is 6.21 Å². The van der Waals surface area contributed by atoms with Gasteiger partial charge in [0, 0.05) is 10.7 Å². The third-order valence-electron chi connectivity index (χ3n) is 2.56. The number of urea groups is 1. The van der Waals surface area contributed by atoms with Gasteiger partial charge in [-0.1, -0.05) is 29.8 Å². The van der Waals surface area contributed by atoms with Crippen molar-refractivity contribution in [3.63, 3.8) is 0 Å². The molecule has 0 atom stereocenters. The number of benzene rings is 2. The van der Waals surface area contributed by atoms with Gasteiger partial charge in [0.15, 0.2) is 0 Å². The van der Waals surface area contributed by atoms with Crippen LogP contribution in [-0.4, -0.2) is 19.4 Å². The van der Waals surface area contributed by atoms with Crippen molar-refractivity contribution in [2.24, 2.45) is 5.10 Å². The molecular weight excluding hydrogens is 290 g/mol. The van der Waals surface area contributed by atoms with E-state index in [4.69, 9.17) is 16.3 Å². The van der Waals surface area contributed by atoms with Crippen molar-refractivity contribution in [3.05, 3.63) is 59.1 Å². The number of methoxy groups -OCH3 is 1. The molecular formula is C15H14ClN3O2. The van der Waals surface area contributed by atoms with E-state index in [9.17, 15) is 4.79 Å². The molecule has 2 aromatic rings. The van der Waals surface area contributed by atoms with E-state index in [0.29, 0.717) is 10.7 Å². The number of nitrogens with zero attached hydrogens (tertiary/aromatic N) is 1. The van der Waals surface area contributed by atoms with Gasteiger partial charge in [0.25, 0.3) is 0 Å². The van der Waals surface area contributed by atoms with Crippen LogP contribution in [0.2, 0.25) is 5.02 Å². The highest BCUT2D eigenvalue weighted by Gasteiger charge is 2.00. The van der Waals surface area contributed by atoms with Crippen LogP contribution in [-0.2, 0) is 0 Å². The van der Waals surface area contributed by atoms with E-state index < -0.39 is 6.03 Å². The largest absolute Gasteiger partial charge is 0.497 e. The molecule has 2 amide bonds. The smallest absolute Gasteiger partial charge is 0.339 e. The van der Waals surface area contributed by atoms with Gasteiger partial charge >= 0.3 is 6.03 Å². The van der Waals surface area contributed by atoms with Crippen molar-refractivity contribution in [2.75, 3.05) is 12.4 Å². The molecule has 5 nitrogen and oxygen atoms in total. The molecule has 0 radical (unpaired) electrons. The number of anilines is 1. The molecule has 6 heteroatoms. The van der Waals surface area contributed by atoms with Gasteiger partial charge in [0.05, 0.1) is 13.3 Å². The fourth-order valence-corrected chi connectivity index (χ4v) is 1.80. The molecule has 0 spiro atoms. The van der Waals surface area contributed by atoms with Gasteiger partial charge in [0.1, 0.15) is 5.75 Å². The van der Waals surface area contributed by atoms with Crippen LogP contribution in [0.5, 0.6) is 5.75 Å². The zero-order chi connectivity index (χ0) is 15.1. The van der Waals surface area contributed by atoms with Crippen molar-refractivity contribution >= 4 is 29.5 Å². The third-order valence-corrected chi connectivity index (χ3v) is 2.79. The number of ether oxygens (including phenoxy) is 1. The van der Waals surface area contributed by atoms with Crippen molar-refractivity contribution < 1.29 is 9.53 Å². The predicted molar refractivity (Wildman–Crippen MR) is 84.2 cm³/mol. The number of carbonyl (C=O) groups is 1. The van der Waals surface area contributed by atoms with Crippen LogP contribution in [0.1, 0.15) is 5.56 Å². The first-order chi connectivity index (χ1) is 10.2. The van der Waals surface area contributed by atoms with Gasteiger partial charge in [-0.15, -0.1) is 0 Å². The van der Waals surface area contributed by atoms with Crippen LogP contribution in [0.15, 0.2) is 53.6 Å². The quantitative estimate of drug-likeness (QED) is 0.670. The lowest BCUT2D eigenvalue weighted by Gasteiger charge is -2.04. The van der Waals surface area contributed by atoms with Crippen LogP contribution in [0.4, 0.5) is 10.5 Å². The van der Waals surface area contributed by atoms with Crippen LogP contribution in [0.25, 0.3) is 0 Å². The van der Waals surface area contributed by atoms with Crippen molar-refractivity contribution in [1.29, 1.82) is 0 Å². The molecule has 0 saturated heterocycles. The Hall–Kier alpha value is -2.53. The predicted octanol–water partition coefficient (Wildman–Crippen LogP) is 3.50. The first-order valence-electron chi connectivity index (χ1n) is 6.17. The lowest BCUT2D eigenvalue weighted by molar-refractivity contribution is 0.252. The average Bonchev–Trinajstić information content (AvgIpc) is 2.47. The highest BCUT2D eigenvalue weighted by Crippen LogP contribution is 2.14. The van der Waals surface area contributed by atoms with Gasteiger partial charge in [-0.2, -0.15) is 5.10 Å². The summed E-state index contributed by atoms with van der Waals surface area (Å²) < 4.78 is 5.10. The Bertz CT molecular complexity index is 659. The Balaban J connectivity index is 1.90. The number of hydrogen-bond acceptors (Lipinski definition) is 3. The van der Waals surface area contributed by atoms with E-state index in [1.807, 2.05) is 18.2 Å². The monoisotopic (exact) mass is 303 g/mol. The molecule has 0 unspecified atom stereocenters. The summed E-state index contributed by atoms with van der Waals surface area (Å²) in [6.07, 6.45) is 1.53.